The van der Waals surface area contributed by atoms with Gasteiger partial charge in [-0.15, -0.1) is 0 Å². The van der Waals surface area contributed by atoms with Crippen LogP contribution in [-0.4, -0.2) is 22.2 Å². The number of fused-ring (bicyclic) bond motifs is 12. The van der Waals surface area contributed by atoms with E-state index in [1.54, 1.807) is 141 Å². The molecule has 0 atom stereocenters. The lowest BCUT2D eigenvalue weighted by Crippen LogP contribution is -2.38. The van der Waals surface area contributed by atoms with Crippen molar-refractivity contribution in [1.82, 2.24) is 0 Å². The van der Waals surface area contributed by atoms with Crippen LogP contribution in [0.3, 0.4) is 0 Å². The maximum atomic E-state index is 15.8. The third-order valence-corrected chi connectivity index (χ3v) is 27.5. The molecule has 0 aromatic heterocycles. The summed E-state index contributed by atoms with van der Waals surface area (Å²) in [5.74, 6) is -3.00. The molecule has 136 heavy (non-hydrogen) atoms. The number of nitrogens with zero attached hydrogens (tertiary/aromatic N) is 4. The highest BCUT2D eigenvalue weighted by Gasteiger charge is 2.43. The van der Waals surface area contributed by atoms with E-state index in [1.807, 2.05) is 113 Å². The Bertz CT molecular complexity index is 7290. The second-order valence-electron chi connectivity index (χ2n) is 42.2. The summed E-state index contributed by atoms with van der Waals surface area (Å²) in [6.07, 6.45) is 0. The molecule has 4 aliphatic rings. The molecule has 0 N–H and O–H groups in total. The predicted molar refractivity (Wildman–Crippen MR) is 551 cm³/mol. The molecule has 0 aliphatic heterocycles. The second-order valence-corrected chi connectivity index (χ2v) is 42.2. The van der Waals surface area contributed by atoms with Gasteiger partial charge in [0.25, 0.3) is 0 Å². The molecule has 688 valence electrons. The fourth-order valence-electron chi connectivity index (χ4n) is 21.3. The minimum atomic E-state index is -0.526. The number of halogens is 8. The summed E-state index contributed by atoms with van der Waals surface area (Å²) >= 11 is 0. The molecule has 0 radical (unpaired) electrons. The molecule has 4 nitrogen and oxygen atoms in total. The molecule has 20 rings (SSSR count). The Morgan fingerprint density at radius 1 is 0.169 bits per heavy atom. The molecular formula is C124H116F8N4. The predicted octanol–water partition coefficient (Wildman–Crippen LogP) is 35.5. The fourth-order valence-corrected chi connectivity index (χ4v) is 21.3. The number of hydrogen-bond donors (Lipinski definition) is 0. The Balaban J connectivity index is 0.000000126. The Morgan fingerprint density at radius 2 is 0.412 bits per heavy atom. The average molecular weight is 1810 g/mol. The molecule has 0 amide bonds. The quantitative estimate of drug-likeness (QED) is 0.113. The monoisotopic (exact) mass is 1810 g/mol. The highest BCUT2D eigenvalue weighted by molar-refractivity contribution is 5.94. The van der Waals surface area contributed by atoms with Crippen LogP contribution >= 0.6 is 0 Å². The van der Waals surface area contributed by atoms with Crippen molar-refractivity contribution in [2.75, 3.05) is 19.6 Å². The van der Waals surface area contributed by atoms with E-state index in [9.17, 15) is 17.6 Å². The molecule has 0 heterocycles. The molecule has 0 saturated heterocycles. The van der Waals surface area contributed by atoms with Crippen LogP contribution in [0.4, 0.5) is 80.6 Å². The maximum Gasteiger partial charge on any atom is 0.147 e. The summed E-state index contributed by atoms with van der Waals surface area (Å²) in [5.41, 5.74) is 27.4. The van der Waals surface area contributed by atoms with Gasteiger partial charge in [0.2, 0.25) is 0 Å². The van der Waals surface area contributed by atoms with E-state index in [4.69, 9.17) is 0 Å². The highest BCUT2D eigenvalue weighted by atomic mass is 19.2. The summed E-state index contributed by atoms with van der Waals surface area (Å²) in [4.78, 5) is 6.92. The first-order valence-corrected chi connectivity index (χ1v) is 46.7. The van der Waals surface area contributed by atoms with Crippen molar-refractivity contribution in [2.24, 2.45) is 0 Å². The minimum Gasteiger partial charge on any atom is -0.331 e. The van der Waals surface area contributed by atoms with Gasteiger partial charge in [-0.05, 0) is 326 Å². The summed E-state index contributed by atoms with van der Waals surface area (Å²) in [6.45, 7) is 41.3. The van der Waals surface area contributed by atoms with Gasteiger partial charge in [0, 0.05) is 43.8 Å². The first-order chi connectivity index (χ1) is 64.4. The topological polar surface area (TPSA) is 13.0 Å². The third kappa shape index (κ3) is 17.1. The van der Waals surface area contributed by atoms with E-state index in [2.05, 4.69) is 219 Å². The Morgan fingerprint density at radius 3 is 0.816 bits per heavy atom. The first-order valence-electron chi connectivity index (χ1n) is 46.7. The first kappa shape index (κ1) is 93.9. The van der Waals surface area contributed by atoms with Gasteiger partial charge in [0.05, 0.1) is 45.5 Å². The molecule has 0 fully saturated rings. The number of rotatable bonds is 12. The van der Waals surface area contributed by atoms with Crippen molar-refractivity contribution in [1.29, 1.82) is 0 Å². The lowest BCUT2D eigenvalue weighted by Gasteiger charge is -2.38. The van der Waals surface area contributed by atoms with Crippen LogP contribution in [0.1, 0.15) is 183 Å². The molecular weight excluding hydrogens is 1700 g/mol. The maximum absolute atomic E-state index is 15.8. The van der Waals surface area contributed by atoms with E-state index < -0.39 is 22.2 Å². The normalized spacial score (nSPS) is 14.0. The summed E-state index contributed by atoms with van der Waals surface area (Å²) < 4.78 is 122. The zero-order valence-electron chi connectivity index (χ0n) is 81.1. The van der Waals surface area contributed by atoms with Gasteiger partial charge >= 0.3 is 0 Å². The zero-order chi connectivity index (χ0) is 97.0. The van der Waals surface area contributed by atoms with Crippen LogP contribution in [-0.2, 0) is 21.7 Å². The molecule has 0 spiro atoms. The zero-order valence-corrected chi connectivity index (χ0v) is 81.1. The molecule has 4 aliphatic carbocycles. The van der Waals surface area contributed by atoms with Gasteiger partial charge in [-0.2, -0.15) is 0 Å². The molecule has 16 aromatic carbocycles. The van der Waals surface area contributed by atoms with Crippen molar-refractivity contribution in [3.8, 4) is 89.0 Å². The Hall–Kier alpha value is -13.8. The Kier molecular flexibility index (Phi) is 24.5. The fraction of sp³-hybridized carbons (Fsp3) is 0.226. The van der Waals surface area contributed by atoms with Gasteiger partial charge in [0.1, 0.15) is 46.5 Å². The van der Waals surface area contributed by atoms with Crippen LogP contribution in [0.5, 0.6) is 0 Å². The standard InChI is InChI=1S/4C31H29F2N/c1-30(2,3)34(27-16-9-8-15-25(27)32)28-18-17-20(19-26(28)33)21-12-10-13-23-22-11-6-7-14-24(22)31(4,5)29(21)23;1-30(2,3)34(27-16-9-8-15-25(27)32)28-18-17-20(19-26(28)33)21-12-10-14-24-29(21)22-11-6-7-13-23(22)31(24,4)5;1-30(2,3)34(28-13-9-8-12-26(28)32)29-17-15-21(19-27(29)33)20-14-16-25-23(18-20)22-10-6-7-11-24(22)31(25,4)5;1-30(2,3)34(28-13-9-8-12-26(28)32)29-17-15-21(19-27(29)33)20-14-16-23-22-10-6-7-11-24(22)31(4,5)25(23)18-20/h4*6-19H,1-5H3. The average Bonchev–Trinajstić information content (AvgIpc) is 1.57. The van der Waals surface area contributed by atoms with Gasteiger partial charge in [-0.1, -0.05) is 286 Å². The molecule has 12 heteroatoms. The van der Waals surface area contributed by atoms with Gasteiger partial charge in [0.15, 0.2) is 0 Å². The van der Waals surface area contributed by atoms with Crippen molar-refractivity contribution >= 4 is 45.5 Å². The molecule has 0 unspecified atom stereocenters. The number of para-hydroxylation sites is 4. The van der Waals surface area contributed by atoms with Crippen molar-refractivity contribution in [2.45, 2.75) is 182 Å². The van der Waals surface area contributed by atoms with Crippen molar-refractivity contribution in [3.63, 3.8) is 0 Å². The van der Waals surface area contributed by atoms with Crippen LogP contribution in [0.2, 0.25) is 0 Å². The van der Waals surface area contributed by atoms with Crippen molar-refractivity contribution in [3.05, 3.63) is 431 Å². The van der Waals surface area contributed by atoms with E-state index in [0.717, 1.165) is 50.1 Å². The molecule has 16 aromatic rings. The summed E-state index contributed by atoms with van der Waals surface area (Å²) in [7, 11) is 0. The van der Waals surface area contributed by atoms with Crippen LogP contribution < -0.4 is 19.6 Å². The summed E-state index contributed by atoms with van der Waals surface area (Å²) in [6, 6.07) is 106. The largest absolute Gasteiger partial charge is 0.331 e. The van der Waals surface area contributed by atoms with Crippen LogP contribution in [0.25, 0.3) is 89.0 Å². The lowest BCUT2D eigenvalue weighted by atomic mass is 9.79. The van der Waals surface area contributed by atoms with Crippen LogP contribution in [0.15, 0.2) is 340 Å². The summed E-state index contributed by atoms with van der Waals surface area (Å²) in [5, 5.41) is 0. The van der Waals surface area contributed by atoms with Crippen LogP contribution in [0, 0.1) is 46.5 Å². The highest BCUT2D eigenvalue weighted by Crippen LogP contribution is 2.57. The number of hydrogen-bond acceptors (Lipinski definition) is 4. The number of anilines is 8. The second kappa shape index (κ2) is 35.4. The van der Waals surface area contributed by atoms with Gasteiger partial charge in [-0.3, -0.25) is 0 Å². The number of benzene rings is 16. The van der Waals surface area contributed by atoms with Gasteiger partial charge < -0.3 is 19.6 Å². The molecule has 0 saturated carbocycles. The third-order valence-electron chi connectivity index (χ3n) is 27.5. The van der Waals surface area contributed by atoms with Gasteiger partial charge in [-0.25, -0.2) is 35.1 Å². The SMILES string of the molecule is CC1(C)c2ccccc2-c2c(-c3ccc(N(c4ccccc4F)C(C)(C)C)c(F)c3)cccc21.CC1(C)c2ccccc2-c2cc(-c3ccc(N(c4ccccc4F)C(C)(C)C)c(F)c3)ccc21.CC1(C)c2ccccc2-c2ccc(-c3ccc(N(c4ccccc4F)C(C)(C)C)c(F)c3)cc21.CC1(C)c2ccccc2-c2cccc(-c3ccc(N(c4ccccc4F)C(C)(C)C)c(F)c3)c21. The van der Waals surface area contributed by atoms with E-state index in [-0.39, 0.29) is 68.2 Å². The smallest absolute Gasteiger partial charge is 0.147 e. The Labute approximate surface area is 797 Å². The lowest BCUT2D eigenvalue weighted by molar-refractivity contribution is 0.527. The van der Waals surface area contributed by atoms with E-state index in [1.165, 1.54) is 108 Å². The minimum absolute atomic E-state index is 0.0630. The molecule has 0 bridgehead atoms. The van der Waals surface area contributed by atoms with E-state index >= 15 is 17.6 Å². The van der Waals surface area contributed by atoms with E-state index in [0.29, 0.717) is 45.5 Å². The van der Waals surface area contributed by atoms with Crippen molar-refractivity contribution < 1.29 is 35.1 Å².